The van der Waals surface area contributed by atoms with Crippen molar-refractivity contribution < 1.29 is 5.11 Å². The molecule has 3 unspecified atom stereocenters. The lowest BCUT2D eigenvalue weighted by atomic mass is 9.80. The van der Waals surface area contributed by atoms with E-state index in [9.17, 15) is 5.11 Å². The van der Waals surface area contributed by atoms with Crippen molar-refractivity contribution in [2.75, 3.05) is 33.8 Å². The van der Waals surface area contributed by atoms with Gasteiger partial charge >= 0.3 is 0 Å². The highest BCUT2D eigenvalue weighted by Gasteiger charge is 2.37. The van der Waals surface area contributed by atoms with Gasteiger partial charge < -0.3 is 15.7 Å². The minimum atomic E-state index is -0.320. The molecule has 3 N–H and O–H groups in total. The fraction of sp³-hybridized carbons (Fsp3) is 1.00. The second-order valence-electron chi connectivity index (χ2n) is 6.17. The number of aliphatic hydroxyl groups excluding tert-OH is 1. The van der Waals surface area contributed by atoms with E-state index in [4.69, 9.17) is 5.73 Å². The van der Waals surface area contributed by atoms with E-state index in [1.165, 1.54) is 25.9 Å². The summed E-state index contributed by atoms with van der Waals surface area (Å²) in [7, 11) is 4.33. The highest BCUT2D eigenvalue weighted by molar-refractivity contribution is 4.96. The van der Waals surface area contributed by atoms with E-state index in [-0.39, 0.29) is 12.1 Å². The molecule has 1 aliphatic carbocycles. The summed E-state index contributed by atoms with van der Waals surface area (Å²) >= 11 is 0. The van der Waals surface area contributed by atoms with Crippen LogP contribution >= 0.6 is 0 Å². The maximum Gasteiger partial charge on any atom is 0.0611 e. The van der Waals surface area contributed by atoms with Crippen molar-refractivity contribution >= 4 is 0 Å². The van der Waals surface area contributed by atoms with Crippen molar-refractivity contribution in [2.45, 2.75) is 49.7 Å². The zero-order chi connectivity index (χ0) is 12.5. The van der Waals surface area contributed by atoms with E-state index < -0.39 is 0 Å². The summed E-state index contributed by atoms with van der Waals surface area (Å²) in [4.78, 5) is 4.91. The third kappa shape index (κ3) is 2.99. The Kier molecular flexibility index (Phi) is 4.08. The molecule has 100 valence electrons. The first kappa shape index (κ1) is 13.3. The SMILES string of the molecule is CN(C)C1CCN(C2CCCC(N)(CO)C2)C1. The van der Waals surface area contributed by atoms with Crippen molar-refractivity contribution in [2.24, 2.45) is 5.73 Å². The van der Waals surface area contributed by atoms with E-state index in [0.29, 0.717) is 12.1 Å². The predicted molar refractivity (Wildman–Crippen MR) is 69.9 cm³/mol. The summed E-state index contributed by atoms with van der Waals surface area (Å²) in [5.41, 5.74) is 5.90. The largest absolute Gasteiger partial charge is 0.394 e. The Morgan fingerprint density at radius 1 is 1.41 bits per heavy atom. The van der Waals surface area contributed by atoms with Crippen molar-refractivity contribution in [3.05, 3.63) is 0 Å². The fourth-order valence-corrected chi connectivity index (χ4v) is 3.34. The van der Waals surface area contributed by atoms with E-state index >= 15 is 0 Å². The van der Waals surface area contributed by atoms with Crippen molar-refractivity contribution in [1.82, 2.24) is 9.80 Å². The van der Waals surface area contributed by atoms with Crippen molar-refractivity contribution in [3.8, 4) is 0 Å². The third-order valence-electron chi connectivity index (χ3n) is 4.61. The molecule has 3 atom stereocenters. The molecule has 4 nitrogen and oxygen atoms in total. The Morgan fingerprint density at radius 2 is 2.18 bits per heavy atom. The molecule has 2 fully saturated rings. The smallest absolute Gasteiger partial charge is 0.0611 e. The molecule has 0 spiro atoms. The van der Waals surface area contributed by atoms with E-state index in [1.807, 2.05) is 0 Å². The molecular weight excluding hydrogens is 214 g/mol. The van der Waals surface area contributed by atoms with Crippen LogP contribution in [0.1, 0.15) is 32.1 Å². The molecule has 4 heteroatoms. The van der Waals surface area contributed by atoms with Gasteiger partial charge in [0, 0.05) is 30.7 Å². The quantitative estimate of drug-likeness (QED) is 0.744. The van der Waals surface area contributed by atoms with Gasteiger partial charge in [-0.3, -0.25) is 4.90 Å². The summed E-state index contributed by atoms with van der Waals surface area (Å²) < 4.78 is 0. The van der Waals surface area contributed by atoms with Crippen LogP contribution < -0.4 is 5.73 Å². The van der Waals surface area contributed by atoms with Crippen molar-refractivity contribution in [1.29, 1.82) is 0 Å². The van der Waals surface area contributed by atoms with Gasteiger partial charge in [-0.25, -0.2) is 0 Å². The number of likely N-dealkylation sites (tertiary alicyclic amines) is 1. The van der Waals surface area contributed by atoms with Gasteiger partial charge in [-0.05, 0) is 46.2 Å². The van der Waals surface area contributed by atoms with E-state index in [0.717, 1.165) is 19.3 Å². The maximum atomic E-state index is 9.40. The number of hydrogen-bond acceptors (Lipinski definition) is 4. The molecule has 1 saturated carbocycles. The van der Waals surface area contributed by atoms with E-state index in [1.54, 1.807) is 0 Å². The Hall–Kier alpha value is -0.160. The van der Waals surface area contributed by atoms with Crippen LogP contribution in [0.4, 0.5) is 0 Å². The first-order chi connectivity index (χ1) is 8.04. The van der Waals surface area contributed by atoms with Gasteiger partial charge in [-0.15, -0.1) is 0 Å². The fourth-order valence-electron chi connectivity index (χ4n) is 3.34. The van der Waals surface area contributed by atoms with Gasteiger partial charge in [-0.1, -0.05) is 0 Å². The number of aliphatic hydroxyl groups is 1. The van der Waals surface area contributed by atoms with Crippen LogP contribution in [0.3, 0.4) is 0 Å². The summed E-state index contributed by atoms with van der Waals surface area (Å²) in [5.74, 6) is 0. The lowest BCUT2D eigenvalue weighted by Gasteiger charge is -2.40. The molecule has 1 heterocycles. The molecular formula is C13H27N3O. The Balaban J connectivity index is 1.91. The molecule has 1 aliphatic heterocycles. The zero-order valence-electron chi connectivity index (χ0n) is 11.2. The van der Waals surface area contributed by atoms with Crippen LogP contribution in [-0.4, -0.2) is 66.3 Å². The van der Waals surface area contributed by atoms with Crippen molar-refractivity contribution in [3.63, 3.8) is 0 Å². The molecule has 0 bridgehead atoms. The van der Waals surface area contributed by atoms with Crippen LogP contribution in [0.25, 0.3) is 0 Å². The number of likely N-dealkylation sites (N-methyl/N-ethyl adjacent to an activating group) is 1. The average molecular weight is 241 g/mol. The molecule has 1 saturated heterocycles. The topological polar surface area (TPSA) is 52.7 Å². The minimum absolute atomic E-state index is 0.133. The van der Waals surface area contributed by atoms with Crippen LogP contribution in [0.15, 0.2) is 0 Å². The van der Waals surface area contributed by atoms with Crippen LogP contribution in [-0.2, 0) is 0 Å². The summed E-state index contributed by atoms with van der Waals surface area (Å²) in [6, 6.07) is 1.28. The Bertz CT molecular complexity index is 259. The summed E-state index contributed by atoms with van der Waals surface area (Å²) in [5, 5.41) is 9.40. The Morgan fingerprint density at radius 3 is 2.76 bits per heavy atom. The molecule has 0 radical (unpaired) electrons. The van der Waals surface area contributed by atoms with Gasteiger partial charge in [0.1, 0.15) is 0 Å². The monoisotopic (exact) mass is 241 g/mol. The van der Waals surface area contributed by atoms with Crippen LogP contribution in [0.5, 0.6) is 0 Å². The minimum Gasteiger partial charge on any atom is -0.394 e. The first-order valence-corrected chi connectivity index (χ1v) is 6.84. The zero-order valence-corrected chi connectivity index (χ0v) is 11.2. The third-order valence-corrected chi connectivity index (χ3v) is 4.61. The molecule has 2 aliphatic rings. The number of hydrogen-bond donors (Lipinski definition) is 2. The van der Waals surface area contributed by atoms with Gasteiger partial charge in [0.05, 0.1) is 6.61 Å². The lowest BCUT2D eigenvalue weighted by Crippen LogP contribution is -2.53. The van der Waals surface area contributed by atoms with Crippen LogP contribution in [0.2, 0.25) is 0 Å². The van der Waals surface area contributed by atoms with Gasteiger partial charge in [0.25, 0.3) is 0 Å². The normalized spacial score (nSPS) is 40.1. The second-order valence-corrected chi connectivity index (χ2v) is 6.17. The molecule has 0 aromatic rings. The van der Waals surface area contributed by atoms with Gasteiger partial charge in [0.15, 0.2) is 0 Å². The second kappa shape index (κ2) is 5.22. The number of nitrogens with zero attached hydrogens (tertiary/aromatic N) is 2. The van der Waals surface area contributed by atoms with Gasteiger partial charge in [-0.2, -0.15) is 0 Å². The van der Waals surface area contributed by atoms with Gasteiger partial charge in [0.2, 0.25) is 0 Å². The standard InChI is InChI=1S/C13H27N3O/c1-15(2)12-5-7-16(9-12)11-4-3-6-13(14,8-11)10-17/h11-12,17H,3-10,14H2,1-2H3. The summed E-state index contributed by atoms with van der Waals surface area (Å²) in [6.07, 6.45) is 5.61. The molecule has 17 heavy (non-hydrogen) atoms. The van der Waals surface area contributed by atoms with E-state index in [2.05, 4.69) is 23.9 Å². The average Bonchev–Trinajstić information content (AvgIpc) is 2.78. The first-order valence-electron chi connectivity index (χ1n) is 6.84. The summed E-state index contributed by atoms with van der Waals surface area (Å²) in [6.45, 7) is 2.49. The Labute approximate surface area is 105 Å². The molecule has 0 amide bonds. The maximum absolute atomic E-state index is 9.40. The number of nitrogens with two attached hydrogens (primary N) is 1. The molecule has 2 rings (SSSR count). The predicted octanol–water partition coefficient (Wildman–Crippen LogP) is 0.255. The lowest BCUT2D eigenvalue weighted by molar-refractivity contribution is 0.0903. The number of rotatable bonds is 3. The molecule has 0 aromatic carbocycles. The molecule has 0 aromatic heterocycles. The van der Waals surface area contributed by atoms with Crippen LogP contribution in [0, 0.1) is 0 Å². The highest BCUT2D eigenvalue weighted by Crippen LogP contribution is 2.31. The highest BCUT2D eigenvalue weighted by atomic mass is 16.3.